The van der Waals surface area contributed by atoms with Gasteiger partial charge in [-0.2, -0.15) is 5.26 Å². The summed E-state index contributed by atoms with van der Waals surface area (Å²) in [4.78, 5) is 1.79. The van der Waals surface area contributed by atoms with E-state index in [2.05, 4.69) is 18.3 Å². The molecule has 1 aliphatic carbocycles. The van der Waals surface area contributed by atoms with Crippen molar-refractivity contribution in [3.8, 4) is 17.4 Å². The third kappa shape index (κ3) is 3.66. The zero-order chi connectivity index (χ0) is 19.0. The van der Waals surface area contributed by atoms with E-state index in [0.29, 0.717) is 21.7 Å². The van der Waals surface area contributed by atoms with Gasteiger partial charge in [0.05, 0.1) is 5.56 Å². The molecule has 1 N–H and O–H groups in total. The van der Waals surface area contributed by atoms with Gasteiger partial charge < -0.3 is 9.73 Å². The minimum absolute atomic E-state index is 0.485. The molecule has 0 saturated heterocycles. The average Bonchev–Trinajstić information content (AvgIpc) is 3.26. The maximum absolute atomic E-state index is 9.63. The standard InChI is InChI=1S/C21H17ClN2OS2/c1-12-2-7-15-16(11-23)21(27-19(15)10-12)24-20(26)18-9-8-17(25-18)13-3-5-14(22)6-4-13/h3-6,8-9,12H,2,7,10H2,1H3,(H,24,26)/t12-/m1/s1. The van der Waals surface area contributed by atoms with Crippen LogP contribution in [0.2, 0.25) is 5.02 Å². The van der Waals surface area contributed by atoms with Gasteiger partial charge in [0.1, 0.15) is 21.8 Å². The van der Waals surface area contributed by atoms with Crippen molar-refractivity contribution in [3.63, 3.8) is 0 Å². The fourth-order valence-electron chi connectivity index (χ4n) is 3.35. The molecule has 136 valence electrons. The smallest absolute Gasteiger partial charge is 0.162 e. The summed E-state index contributed by atoms with van der Waals surface area (Å²) >= 11 is 13.1. The van der Waals surface area contributed by atoms with Gasteiger partial charge in [-0.3, -0.25) is 0 Å². The number of rotatable bonds is 3. The second-order valence-electron chi connectivity index (χ2n) is 6.79. The number of nitrogens with one attached hydrogen (secondary N) is 1. The summed E-state index contributed by atoms with van der Waals surface area (Å²) in [5.74, 6) is 1.97. The molecule has 0 saturated carbocycles. The second kappa shape index (κ2) is 7.47. The Balaban J connectivity index is 1.57. The van der Waals surface area contributed by atoms with Crippen LogP contribution in [0.3, 0.4) is 0 Å². The molecule has 0 unspecified atom stereocenters. The summed E-state index contributed by atoms with van der Waals surface area (Å²) in [6.07, 6.45) is 3.13. The van der Waals surface area contributed by atoms with Crippen LogP contribution in [0.25, 0.3) is 11.3 Å². The zero-order valence-corrected chi connectivity index (χ0v) is 17.1. The molecule has 1 aromatic carbocycles. The first-order chi connectivity index (χ1) is 13.0. The quantitative estimate of drug-likeness (QED) is 0.502. The van der Waals surface area contributed by atoms with E-state index in [1.807, 2.05) is 36.4 Å². The highest BCUT2D eigenvalue weighted by molar-refractivity contribution is 7.81. The van der Waals surface area contributed by atoms with Crippen molar-refractivity contribution in [2.45, 2.75) is 26.2 Å². The third-order valence-electron chi connectivity index (χ3n) is 4.81. The summed E-state index contributed by atoms with van der Waals surface area (Å²) in [6.45, 7) is 2.26. The number of furan rings is 1. The van der Waals surface area contributed by atoms with Crippen molar-refractivity contribution in [2.24, 2.45) is 5.92 Å². The molecule has 1 aliphatic rings. The molecule has 0 aliphatic heterocycles. The molecule has 6 heteroatoms. The van der Waals surface area contributed by atoms with E-state index in [4.69, 9.17) is 28.2 Å². The van der Waals surface area contributed by atoms with Crippen LogP contribution >= 0.6 is 35.2 Å². The maximum atomic E-state index is 9.63. The monoisotopic (exact) mass is 412 g/mol. The molecule has 4 rings (SSSR count). The number of halogens is 1. The van der Waals surface area contributed by atoms with Crippen LogP contribution in [-0.2, 0) is 12.8 Å². The van der Waals surface area contributed by atoms with E-state index in [0.717, 1.165) is 41.2 Å². The van der Waals surface area contributed by atoms with Gasteiger partial charge in [0.15, 0.2) is 5.76 Å². The lowest BCUT2D eigenvalue weighted by atomic mass is 9.89. The normalized spacial score (nSPS) is 15.8. The van der Waals surface area contributed by atoms with Crippen molar-refractivity contribution in [3.05, 3.63) is 63.2 Å². The SMILES string of the molecule is C[C@@H]1CCc2c(sc(NC(=S)c3ccc(-c4ccc(Cl)cc4)o3)c2C#N)C1. The number of nitriles is 1. The summed E-state index contributed by atoms with van der Waals surface area (Å²) in [7, 11) is 0. The van der Waals surface area contributed by atoms with Crippen LogP contribution in [0.15, 0.2) is 40.8 Å². The Hall–Kier alpha value is -2.13. The fraction of sp³-hybridized carbons (Fsp3) is 0.238. The molecule has 0 fully saturated rings. The molecular formula is C21H17ClN2OS2. The largest absolute Gasteiger partial charge is 0.454 e. The van der Waals surface area contributed by atoms with Gasteiger partial charge in [-0.1, -0.05) is 30.7 Å². The molecule has 2 heterocycles. The van der Waals surface area contributed by atoms with Crippen molar-refractivity contribution < 1.29 is 4.42 Å². The maximum Gasteiger partial charge on any atom is 0.162 e. The molecule has 3 aromatic rings. The predicted octanol–water partition coefficient (Wildman–Crippen LogP) is 6.45. The number of fused-ring (bicyclic) bond motifs is 1. The first kappa shape index (κ1) is 18.2. The van der Waals surface area contributed by atoms with Crippen LogP contribution < -0.4 is 5.32 Å². The zero-order valence-electron chi connectivity index (χ0n) is 14.7. The summed E-state index contributed by atoms with van der Waals surface area (Å²) < 4.78 is 5.91. The predicted molar refractivity (Wildman–Crippen MR) is 115 cm³/mol. The summed E-state index contributed by atoms with van der Waals surface area (Å²) in [5.41, 5.74) is 2.85. The number of hydrogen-bond donors (Lipinski definition) is 1. The number of hydrogen-bond acceptors (Lipinski definition) is 4. The van der Waals surface area contributed by atoms with Gasteiger partial charge in [0.25, 0.3) is 0 Å². The van der Waals surface area contributed by atoms with Gasteiger partial charge in [-0.25, -0.2) is 0 Å². The van der Waals surface area contributed by atoms with Gasteiger partial charge in [0.2, 0.25) is 0 Å². The first-order valence-corrected chi connectivity index (χ1v) is 10.4. The van der Waals surface area contributed by atoms with Crippen molar-refractivity contribution in [1.82, 2.24) is 0 Å². The number of benzene rings is 1. The minimum Gasteiger partial charge on any atom is -0.454 e. The third-order valence-corrected chi connectivity index (χ3v) is 6.53. The van der Waals surface area contributed by atoms with Crippen LogP contribution in [0.4, 0.5) is 5.00 Å². The number of nitrogens with zero attached hydrogens (tertiary/aromatic N) is 1. The van der Waals surface area contributed by atoms with Crippen LogP contribution in [0.5, 0.6) is 0 Å². The Kier molecular flexibility index (Phi) is 5.05. The van der Waals surface area contributed by atoms with Gasteiger partial charge in [-0.15, -0.1) is 11.3 Å². The van der Waals surface area contributed by atoms with Crippen LogP contribution in [-0.4, -0.2) is 4.99 Å². The Morgan fingerprint density at radius 2 is 2.07 bits per heavy atom. The topological polar surface area (TPSA) is 49.0 Å². The summed E-state index contributed by atoms with van der Waals surface area (Å²) in [5, 5.41) is 14.4. The van der Waals surface area contributed by atoms with E-state index in [1.165, 1.54) is 10.4 Å². The molecule has 3 nitrogen and oxygen atoms in total. The van der Waals surface area contributed by atoms with E-state index in [-0.39, 0.29) is 0 Å². The summed E-state index contributed by atoms with van der Waals surface area (Å²) in [6, 6.07) is 13.6. The lowest BCUT2D eigenvalue weighted by Crippen LogP contribution is -2.10. The molecule has 2 aromatic heterocycles. The number of thiocarbonyl (C=S) groups is 1. The van der Waals surface area contributed by atoms with E-state index >= 15 is 0 Å². The minimum atomic E-state index is 0.485. The highest BCUT2D eigenvalue weighted by Crippen LogP contribution is 2.39. The molecule has 27 heavy (non-hydrogen) atoms. The van der Waals surface area contributed by atoms with Crippen molar-refractivity contribution >= 4 is 45.1 Å². The molecule has 0 bridgehead atoms. The lowest BCUT2D eigenvalue weighted by molar-refractivity contribution is 0.507. The Labute approximate surface area is 172 Å². The van der Waals surface area contributed by atoms with E-state index in [1.54, 1.807) is 11.3 Å². The van der Waals surface area contributed by atoms with Crippen LogP contribution in [0.1, 0.15) is 35.1 Å². The molecule has 0 radical (unpaired) electrons. The number of thiophene rings is 1. The Morgan fingerprint density at radius 1 is 1.30 bits per heavy atom. The lowest BCUT2D eigenvalue weighted by Gasteiger charge is -2.17. The molecule has 0 spiro atoms. The van der Waals surface area contributed by atoms with Crippen molar-refractivity contribution in [1.29, 1.82) is 5.26 Å². The molecule has 1 atom stereocenters. The number of anilines is 1. The second-order valence-corrected chi connectivity index (χ2v) is 8.74. The first-order valence-electron chi connectivity index (χ1n) is 8.77. The van der Waals surface area contributed by atoms with Gasteiger partial charge in [0, 0.05) is 15.5 Å². The Bertz CT molecular complexity index is 1040. The average molecular weight is 413 g/mol. The molecule has 0 amide bonds. The molecular weight excluding hydrogens is 396 g/mol. The Morgan fingerprint density at radius 3 is 2.81 bits per heavy atom. The highest BCUT2D eigenvalue weighted by atomic mass is 35.5. The van der Waals surface area contributed by atoms with E-state index in [9.17, 15) is 5.26 Å². The highest BCUT2D eigenvalue weighted by Gasteiger charge is 2.24. The van der Waals surface area contributed by atoms with Crippen molar-refractivity contribution in [2.75, 3.05) is 5.32 Å². The van der Waals surface area contributed by atoms with Crippen LogP contribution in [0, 0.1) is 17.2 Å². The van der Waals surface area contributed by atoms with Gasteiger partial charge >= 0.3 is 0 Å². The fourth-order valence-corrected chi connectivity index (χ4v) is 5.12. The van der Waals surface area contributed by atoms with E-state index < -0.39 is 0 Å². The van der Waals surface area contributed by atoms with Gasteiger partial charge in [-0.05, 0) is 67.1 Å².